The molecule has 2 rings (SSSR count). The van der Waals surface area contributed by atoms with E-state index in [0.29, 0.717) is 6.54 Å². The summed E-state index contributed by atoms with van der Waals surface area (Å²) in [4.78, 5) is 10.2. The predicted molar refractivity (Wildman–Crippen MR) is 68.4 cm³/mol. The van der Waals surface area contributed by atoms with Crippen LogP contribution < -0.4 is 5.32 Å². The molecule has 0 fully saturated rings. The highest BCUT2D eigenvalue weighted by molar-refractivity contribution is 5.51. The first-order chi connectivity index (χ1) is 8.56. The molecule has 94 valence electrons. The summed E-state index contributed by atoms with van der Waals surface area (Å²) in [6.07, 6.45) is 1.93. The van der Waals surface area contributed by atoms with Crippen LogP contribution in [0.1, 0.15) is 11.3 Å². The number of nitrogens with one attached hydrogen (secondary N) is 1. The Balaban J connectivity index is 2.08. The lowest BCUT2D eigenvalue weighted by molar-refractivity contribution is -0.384. The van der Waals surface area contributed by atoms with Gasteiger partial charge >= 0.3 is 0 Å². The minimum Gasteiger partial charge on any atom is -0.381 e. The van der Waals surface area contributed by atoms with Crippen LogP contribution >= 0.6 is 0 Å². The molecule has 1 heterocycles. The molecule has 0 saturated heterocycles. The number of nitro groups is 1. The Bertz CT molecular complexity index is 577. The Hall–Kier alpha value is -2.37. The first kappa shape index (κ1) is 12.1. The molecule has 0 aliphatic rings. The third-order valence-corrected chi connectivity index (χ3v) is 2.66. The second-order valence-electron chi connectivity index (χ2n) is 4.07. The highest BCUT2D eigenvalue weighted by atomic mass is 16.6. The maximum Gasteiger partial charge on any atom is 0.271 e. The van der Waals surface area contributed by atoms with Gasteiger partial charge in [-0.15, -0.1) is 0 Å². The Morgan fingerprint density at radius 2 is 2.28 bits per heavy atom. The van der Waals surface area contributed by atoms with Crippen LogP contribution in [0.2, 0.25) is 0 Å². The number of nitro benzene ring substituents is 1. The highest BCUT2D eigenvalue weighted by Crippen LogP contribution is 2.18. The minimum absolute atomic E-state index is 0.0860. The molecule has 1 N–H and O–H groups in total. The zero-order valence-electron chi connectivity index (χ0n) is 10.3. The summed E-state index contributed by atoms with van der Waals surface area (Å²) in [7, 11) is 1.86. The van der Waals surface area contributed by atoms with Crippen LogP contribution in [0.3, 0.4) is 0 Å². The SMILES string of the molecule is Cc1nn(C)cc1CNc1cccc([N+](=O)[O-])c1. The summed E-state index contributed by atoms with van der Waals surface area (Å²) in [5.41, 5.74) is 2.84. The number of nitrogens with zero attached hydrogens (tertiary/aromatic N) is 3. The zero-order chi connectivity index (χ0) is 13.1. The molecule has 0 atom stereocenters. The Labute approximate surface area is 104 Å². The lowest BCUT2D eigenvalue weighted by atomic mass is 10.2. The second kappa shape index (κ2) is 4.87. The topological polar surface area (TPSA) is 73.0 Å². The molecular weight excluding hydrogens is 232 g/mol. The van der Waals surface area contributed by atoms with Gasteiger partial charge in [0.1, 0.15) is 0 Å². The van der Waals surface area contributed by atoms with Crippen molar-refractivity contribution in [2.75, 3.05) is 5.32 Å². The summed E-state index contributed by atoms with van der Waals surface area (Å²) in [5, 5.41) is 18.0. The molecule has 18 heavy (non-hydrogen) atoms. The fraction of sp³-hybridized carbons (Fsp3) is 0.250. The first-order valence-electron chi connectivity index (χ1n) is 5.53. The van der Waals surface area contributed by atoms with E-state index in [2.05, 4.69) is 10.4 Å². The van der Waals surface area contributed by atoms with E-state index in [-0.39, 0.29) is 5.69 Å². The molecule has 0 amide bonds. The van der Waals surface area contributed by atoms with Gasteiger partial charge in [0.15, 0.2) is 0 Å². The number of aryl methyl sites for hydroxylation is 2. The summed E-state index contributed by atoms with van der Waals surface area (Å²) < 4.78 is 1.75. The zero-order valence-corrected chi connectivity index (χ0v) is 10.3. The maximum absolute atomic E-state index is 10.6. The van der Waals surface area contributed by atoms with E-state index in [4.69, 9.17) is 0 Å². The van der Waals surface area contributed by atoms with Crippen molar-refractivity contribution in [2.24, 2.45) is 7.05 Å². The number of aromatic nitrogens is 2. The van der Waals surface area contributed by atoms with E-state index in [1.54, 1.807) is 16.8 Å². The van der Waals surface area contributed by atoms with Gasteiger partial charge in [0.2, 0.25) is 0 Å². The van der Waals surface area contributed by atoms with Gasteiger partial charge in [-0.2, -0.15) is 5.10 Å². The normalized spacial score (nSPS) is 10.3. The van der Waals surface area contributed by atoms with Gasteiger partial charge in [0, 0.05) is 43.2 Å². The van der Waals surface area contributed by atoms with Gasteiger partial charge in [-0.3, -0.25) is 14.8 Å². The number of rotatable bonds is 4. The molecule has 6 heteroatoms. The molecule has 0 bridgehead atoms. The summed E-state index contributed by atoms with van der Waals surface area (Å²) in [5.74, 6) is 0. The Kier molecular flexibility index (Phi) is 3.27. The largest absolute Gasteiger partial charge is 0.381 e. The molecule has 1 aromatic carbocycles. The average Bonchev–Trinajstić information content (AvgIpc) is 2.65. The molecule has 0 radical (unpaired) electrons. The van der Waals surface area contributed by atoms with E-state index < -0.39 is 4.92 Å². The van der Waals surface area contributed by atoms with Crippen LogP contribution in [-0.4, -0.2) is 14.7 Å². The summed E-state index contributed by atoms with van der Waals surface area (Å²) in [6, 6.07) is 6.46. The van der Waals surface area contributed by atoms with Gasteiger partial charge in [-0.25, -0.2) is 0 Å². The minimum atomic E-state index is -0.402. The van der Waals surface area contributed by atoms with Gasteiger partial charge < -0.3 is 5.32 Å². The number of hydrogen-bond donors (Lipinski definition) is 1. The monoisotopic (exact) mass is 246 g/mol. The van der Waals surface area contributed by atoms with Gasteiger partial charge in [0.25, 0.3) is 5.69 Å². The van der Waals surface area contributed by atoms with Crippen molar-refractivity contribution in [3.05, 3.63) is 51.8 Å². The average molecular weight is 246 g/mol. The van der Waals surface area contributed by atoms with Gasteiger partial charge in [0.05, 0.1) is 10.6 Å². The van der Waals surface area contributed by atoms with E-state index >= 15 is 0 Å². The van der Waals surface area contributed by atoms with Crippen LogP contribution in [0, 0.1) is 17.0 Å². The van der Waals surface area contributed by atoms with E-state index in [1.807, 2.05) is 20.2 Å². The smallest absolute Gasteiger partial charge is 0.271 e. The molecule has 2 aromatic rings. The fourth-order valence-corrected chi connectivity index (χ4v) is 1.75. The fourth-order valence-electron chi connectivity index (χ4n) is 1.75. The standard InChI is InChI=1S/C12H14N4O2/c1-9-10(8-15(2)14-9)7-13-11-4-3-5-12(6-11)16(17)18/h3-6,8,13H,7H2,1-2H3. The van der Waals surface area contributed by atoms with Crippen molar-refractivity contribution >= 4 is 11.4 Å². The quantitative estimate of drug-likeness (QED) is 0.663. The first-order valence-corrected chi connectivity index (χ1v) is 5.53. The molecule has 0 spiro atoms. The van der Waals surface area contributed by atoms with Crippen molar-refractivity contribution < 1.29 is 4.92 Å². The molecule has 0 aliphatic heterocycles. The van der Waals surface area contributed by atoms with Crippen molar-refractivity contribution in [2.45, 2.75) is 13.5 Å². The van der Waals surface area contributed by atoms with Crippen molar-refractivity contribution in [3.63, 3.8) is 0 Å². The number of anilines is 1. The number of benzene rings is 1. The van der Waals surface area contributed by atoms with E-state index in [9.17, 15) is 10.1 Å². The van der Waals surface area contributed by atoms with Crippen LogP contribution in [0.15, 0.2) is 30.5 Å². The molecule has 0 saturated carbocycles. The third-order valence-electron chi connectivity index (χ3n) is 2.66. The van der Waals surface area contributed by atoms with Crippen molar-refractivity contribution in [1.82, 2.24) is 9.78 Å². The van der Waals surface area contributed by atoms with Crippen LogP contribution in [-0.2, 0) is 13.6 Å². The van der Waals surface area contributed by atoms with Gasteiger partial charge in [-0.05, 0) is 13.0 Å². The van der Waals surface area contributed by atoms with E-state index in [0.717, 1.165) is 16.9 Å². The number of non-ortho nitro benzene ring substituents is 1. The summed E-state index contributed by atoms with van der Waals surface area (Å²) >= 11 is 0. The van der Waals surface area contributed by atoms with Crippen molar-refractivity contribution in [3.8, 4) is 0 Å². The third kappa shape index (κ3) is 2.65. The number of hydrogen-bond acceptors (Lipinski definition) is 4. The van der Waals surface area contributed by atoms with Gasteiger partial charge in [-0.1, -0.05) is 6.07 Å². The lowest BCUT2D eigenvalue weighted by Crippen LogP contribution is -2.00. The lowest BCUT2D eigenvalue weighted by Gasteiger charge is -2.04. The molecule has 6 nitrogen and oxygen atoms in total. The Morgan fingerprint density at radius 1 is 1.50 bits per heavy atom. The Morgan fingerprint density at radius 3 is 2.89 bits per heavy atom. The van der Waals surface area contributed by atoms with Crippen LogP contribution in [0.5, 0.6) is 0 Å². The molecule has 0 aliphatic carbocycles. The molecule has 1 aromatic heterocycles. The predicted octanol–water partition coefficient (Wildman–Crippen LogP) is 2.25. The van der Waals surface area contributed by atoms with Crippen molar-refractivity contribution in [1.29, 1.82) is 0 Å². The van der Waals surface area contributed by atoms with Crippen LogP contribution in [0.4, 0.5) is 11.4 Å². The van der Waals surface area contributed by atoms with Crippen LogP contribution in [0.25, 0.3) is 0 Å². The molecular formula is C12H14N4O2. The van der Waals surface area contributed by atoms with E-state index in [1.165, 1.54) is 12.1 Å². The summed E-state index contributed by atoms with van der Waals surface area (Å²) in [6.45, 7) is 2.53. The highest BCUT2D eigenvalue weighted by Gasteiger charge is 2.06. The maximum atomic E-state index is 10.6. The second-order valence-corrected chi connectivity index (χ2v) is 4.07. The molecule has 0 unspecified atom stereocenters.